The molecule has 0 bridgehead atoms. The van der Waals surface area contributed by atoms with Crippen molar-refractivity contribution in [1.29, 1.82) is 0 Å². The van der Waals surface area contributed by atoms with E-state index >= 15 is 0 Å². The maximum absolute atomic E-state index is 13.3. The van der Waals surface area contributed by atoms with Gasteiger partial charge in [-0.15, -0.1) is 0 Å². The minimum atomic E-state index is -4.45. The minimum absolute atomic E-state index is 0.152. The van der Waals surface area contributed by atoms with E-state index in [1.807, 2.05) is 0 Å². The number of rotatable bonds is 4. The molecule has 0 aliphatic carbocycles. The number of benzene rings is 1. The van der Waals surface area contributed by atoms with Crippen LogP contribution < -0.4 is 4.90 Å². The predicted octanol–water partition coefficient (Wildman–Crippen LogP) is 2.46. The van der Waals surface area contributed by atoms with E-state index in [9.17, 15) is 18.3 Å². The Morgan fingerprint density at radius 2 is 2.04 bits per heavy atom. The van der Waals surface area contributed by atoms with Crippen LogP contribution in [0, 0.1) is 0 Å². The predicted molar refractivity (Wildman–Crippen MR) is 83.8 cm³/mol. The third-order valence-electron chi connectivity index (χ3n) is 4.20. The van der Waals surface area contributed by atoms with E-state index in [-0.39, 0.29) is 25.1 Å². The molecule has 2 aromatic rings. The maximum Gasteiger partial charge on any atom is 0.416 e. The van der Waals surface area contributed by atoms with E-state index in [0.717, 1.165) is 6.07 Å². The van der Waals surface area contributed by atoms with Crippen molar-refractivity contribution in [2.24, 2.45) is 0 Å². The molecule has 1 N–H and O–H groups in total. The molecule has 25 heavy (non-hydrogen) atoms. The number of hydrogen-bond donors (Lipinski definition) is 1. The van der Waals surface area contributed by atoms with Gasteiger partial charge in [0, 0.05) is 26.7 Å². The van der Waals surface area contributed by atoms with Gasteiger partial charge in [-0.2, -0.15) is 18.2 Å². The fraction of sp³-hybridized carbons (Fsp3) is 0.500. The zero-order chi connectivity index (χ0) is 18.2. The molecule has 0 spiro atoms. The van der Waals surface area contributed by atoms with Gasteiger partial charge in [0.2, 0.25) is 5.89 Å². The zero-order valence-electron chi connectivity index (χ0n) is 13.9. The van der Waals surface area contributed by atoms with Gasteiger partial charge in [-0.3, -0.25) is 4.90 Å². The van der Waals surface area contributed by atoms with E-state index in [1.54, 1.807) is 30.0 Å². The first-order valence-electron chi connectivity index (χ1n) is 7.84. The highest BCUT2D eigenvalue weighted by Crippen LogP contribution is 2.40. The van der Waals surface area contributed by atoms with Crippen molar-refractivity contribution in [2.45, 2.75) is 31.3 Å². The summed E-state index contributed by atoms with van der Waals surface area (Å²) < 4.78 is 45.1. The Morgan fingerprint density at radius 3 is 2.68 bits per heavy atom. The van der Waals surface area contributed by atoms with Gasteiger partial charge in [0.15, 0.2) is 0 Å². The van der Waals surface area contributed by atoms with Crippen LogP contribution in [0.3, 0.4) is 0 Å². The number of alkyl halides is 3. The van der Waals surface area contributed by atoms with Crippen LogP contribution in [0.5, 0.6) is 0 Å². The first-order valence-corrected chi connectivity index (χ1v) is 7.84. The summed E-state index contributed by atoms with van der Waals surface area (Å²) in [7, 11) is 3.52. The van der Waals surface area contributed by atoms with Crippen LogP contribution in [0.4, 0.5) is 19.1 Å². The molecule has 6 nitrogen and oxygen atoms in total. The molecule has 1 fully saturated rings. The summed E-state index contributed by atoms with van der Waals surface area (Å²) >= 11 is 0. The molecule has 9 heteroatoms. The van der Waals surface area contributed by atoms with Gasteiger partial charge in [0.1, 0.15) is 0 Å². The smallest absolute Gasteiger partial charge is 0.392 e. The second-order valence-electron chi connectivity index (χ2n) is 6.30. The molecular formula is C16H19F3N4O2. The minimum Gasteiger partial charge on any atom is -0.392 e. The van der Waals surface area contributed by atoms with E-state index < -0.39 is 23.9 Å². The monoisotopic (exact) mass is 356 g/mol. The number of aromatic nitrogens is 2. The highest BCUT2D eigenvalue weighted by molar-refractivity contribution is 5.33. The molecule has 1 aromatic heterocycles. The SMILES string of the molecule is CN(C)c1noc(CN2C[C@@H](O)C[C@H]2c2ccccc2C(F)(F)F)n1. The lowest BCUT2D eigenvalue weighted by Gasteiger charge is -2.25. The summed E-state index contributed by atoms with van der Waals surface area (Å²) in [6.45, 7) is 0.422. The average molecular weight is 356 g/mol. The molecule has 0 saturated carbocycles. The van der Waals surface area contributed by atoms with Crippen LogP contribution in [0.25, 0.3) is 0 Å². The number of hydrogen-bond acceptors (Lipinski definition) is 6. The van der Waals surface area contributed by atoms with Gasteiger partial charge >= 0.3 is 6.18 Å². The quantitative estimate of drug-likeness (QED) is 0.908. The van der Waals surface area contributed by atoms with E-state index in [0.29, 0.717) is 11.8 Å². The summed E-state index contributed by atoms with van der Waals surface area (Å²) in [5, 5.41) is 13.8. The Morgan fingerprint density at radius 1 is 1.32 bits per heavy atom. The summed E-state index contributed by atoms with van der Waals surface area (Å²) in [5.74, 6) is 0.689. The van der Waals surface area contributed by atoms with Crippen LogP contribution in [0.1, 0.15) is 29.5 Å². The number of aliphatic hydroxyl groups excluding tert-OH is 1. The van der Waals surface area contributed by atoms with Crippen LogP contribution in [0.2, 0.25) is 0 Å². The van der Waals surface area contributed by atoms with Gasteiger partial charge in [-0.05, 0) is 23.2 Å². The number of halogens is 3. The normalized spacial score (nSPS) is 21.7. The molecule has 1 aliphatic heterocycles. The molecule has 2 atom stereocenters. The number of β-amino-alcohol motifs (C(OH)–C–C–N with tert-alkyl or cyclic N) is 1. The topological polar surface area (TPSA) is 65.6 Å². The molecular weight excluding hydrogens is 337 g/mol. The van der Waals surface area contributed by atoms with Gasteiger partial charge in [0.25, 0.3) is 5.95 Å². The zero-order valence-corrected chi connectivity index (χ0v) is 13.9. The molecule has 1 aromatic carbocycles. The Labute approximate surface area is 142 Å². The van der Waals surface area contributed by atoms with Crippen molar-refractivity contribution in [3.05, 3.63) is 41.3 Å². The van der Waals surface area contributed by atoms with Crippen molar-refractivity contribution < 1.29 is 22.8 Å². The van der Waals surface area contributed by atoms with Gasteiger partial charge in [-0.25, -0.2) is 0 Å². The Kier molecular flexibility index (Phi) is 4.70. The molecule has 136 valence electrons. The largest absolute Gasteiger partial charge is 0.416 e. The highest BCUT2D eigenvalue weighted by atomic mass is 19.4. The number of aliphatic hydroxyl groups is 1. The first kappa shape index (κ1) is 17.7. The Bertz CT molecular complexity index is 732. The van der Waals surface area contributed by atoms with Crippen LogP contribution in [0.15, 0.2) is 28.8 Å². The third-order valence-corrected chi connectivity index (χ3v) is 4.20. The molecule has 2 heterocycles. The van der Waals surface area contributed by atoms with E-state index in [2.05, 4.69) is 10.1 Å². The van der Waals surface area contributed by atoms with E-state index in [4.69, 9.17) is 4.52 Å². The van der Waals surface area contributed by atoms with Gasteiger partial charge < -0.3 is 14.5 Å². The maximum atomic E-state index is 13.3. The second kappa shape index (κ2) is 6.64. The Balaban J connectivity index is 1.87. The van der Waals surface area contributed by atoms with Crippen LogP contribution in [-0.4, -0.2) is 46.9 Å². The lowest BCUT2D eigenvalue weighted by Crippen LogP contribution is -2.26. The van der Waals surface area contributed by atoms with Crippen LogP contribution >= 0.6 is 0 Å². The van der Waals surface area contributed by atoms with Crippen molar-refractivity contribution in [3.8, 4) is 0 Å². The standard InChI is InChI=1S/C16H19F3N4O2/c1-22(2)15-20-14(25-21-15)9-23-8-10(24)7-13(23)11-5-3-4-6-12(11)16(17,18)19/h3-6,10,13,24H,7-9H2,1-2H3/t10-,13-/m0/s1. The van der Waals surface area contributed by atoms with E-state index in [1.165, 1.54) is 12.1 Å². The molecule has 1 aliphatic rings. The van der Waals surface area contributed by atoms with Gasteiger partial charge in [0.05, 0.1) is 18.2 Å². The molecule has 0 amide bonds. The van der Waals surface area contributed by atoms with Crippen molar-refractivity contribution in [1.82, 2.24) is 15.0 Å². The Hall–Kier alpha value is -2.13. The number of likely N-dealkylation sites (tertiary alicyclic amines) is 1. The van der Waals surface area contributed by atoms with Gasteiger partial charge in [-0.1, -0.05) is 18.2 Å². The number of anilines is 1. The molecule has 1 saturated heterocycles. The fourth-order valence-corrected chi connectivity index (χ4v) is 3.09. The van der Waals surface area contributed by atoms with Crippen LogP contribution in [-0.2, 0) is 12.7 Å². The lowest BCUT2D eigenvalue weighted by molar-refractivity contribution is -0.138. The number of nitrogens with zero attached hydrogens (tertiary/aromatic N) is 4. The molecule has 0 radical (unpaired) electrons. The first-order chi connectivity index (χ1) is 11.8. The van der Waals surface area contributed by atoms with Crippen molar-refractivity contribution >= 4 is 5.95 Å². The summed E-state index contributed by atoms with van der Waals surface area (Å²) in [6.07, 6.45) is -4.93. The fourth-order valence-electron chi connectivity index (χ4n) is 3.09. The third kappa shape index (κ3) is 3.77. The molecule has 0 unspecified atom stereocenters. The summed E-state index contributed by atoms with van der Waals surface area (Å²) in [6, 6.07) is 4.89. The second-order valence-corrected chi connectivity index (χ2v) is 6.30. The average Bonchev–Trinajstić information content (AvgIpc) is 3.14. The lowest BCUT2D eigenvalue weighted by atomic mass is 9.97. The molecule has 3 rings (SSSR count). The summed E-state index contributed by atoms with van der Waals surface area (Å²) in [5.41, 5.74) is -0.530. The van der Waals surface area contributed by atoms with Crippen molar-refractivity contribution in [2.75, 3.05) is 25.5 Å². The summed E-state index contributed by atoms with van der Waals surface area (Å²) in [4.78, 5) is 7.61. The highest BCUT2D eigenvalue weighted by Gasteiger charge is 2.40. The van der Waals surface area contributed by atoms with Crippen molar-refractivity contribution in [3.63, 3.8) is 0 Å².